The average Bonchev–Trinajstić information content (AvgIpc) is 2.26. The van der Waals surface area contributed by atoms with Crippen molar-refractivity contribution in [2.24, 2.45) is 0 Å². The molecule has 1 aliphatic rings. The number of ether oxygens (including phenoxy) is 2. The van der Waals surface area contributed by atoms with E-state index in [2.05, 4.69) is 4.74 Å². The molecular weight excluding hydrogens is 270 g/mol. The van der Waals surface area contributed by atoms with Crippen molar-refractivity contribution in [3.05, 3.63) is 0 Å². The van der Waals surface area contributed by atoms with E-state index >= 15 is 0 Å². The highest BCUT2D eigenvalue weighted by atomic mass is 19.3. The molecule has 1 aliphatic heterocycles. The van der Waals surface area contributed by atoms with Crippen molar-refractivity contribution in [1.29, 1.82) is 0 Å². The second kappa shape index (κ2) is 6.67. The Morgan fingerprint density at radius 3 is 2.15 bits per heavy atom. The molecule has 0 atom stereocenters. The monoisotopic (exact) mass is 294 g/mol. The summed E-state index contributed by atoms with van der Waals surface area (Å²) in [6.45, 7) is 6.10. The smallest absolute Gasteiger partial charge is 0.410 e. The van der Waals surface area contributed by atoms with Gasteiger partial charge in [0.15, 0.2) is 0 Å². The zero-order valence-electron chi connectivity index (χ0n) is 12.6. The number of carbonyl (C=O) groups is 1. The van der Waals surface area contributed by atoms with Crippen molar-refractivity contribution in [3.63, 3.8) is 0 Å². The maximum absolute atomic E-state index is 13.4. The first-order valence-electron chi connectivity index (χ1n) is 6.70. The summed E-state index contributed by atoms with van der Waals surface area (Å²) in [6, 6.07) is 0. The number of amides is 1. The summed E-state index contributed by atoms with van der Waals surface area (Å²) in [7, 11) is 1.26. The van der Waals surface area contributed by atoms with Crippen LogP contribution in [0.1, 0.15) is 20.8 Å². The minimum Gasteiger partial charge on any atom is -0.444 e. The Hall–Kier alpha value is -0.950. The van der Waals surface area contributed by atoms with Gasteiger partial charge in [0, 0.05) is 33.3 Å². The van der Waals surface area contributed by atoms with Gasteiger partial charge < -0.3 is 14.4 Å². The lowest BCUT2D eigenvalue weighted by atomic mass is 10.2. The number of carbonyl (C=O) groups excluding carboxylic acids is 1. The van der Waals surface area contributed by atoms with Crippen LogP contribution in [0.3, 0.4) is 0 Å². The predicted octanol–water partition coefficient (Wildman–Crippen LogP) is 1.82. The molecule has 0 aromatic rings. The fraction of sp³-hybridized carbons (Fsp3) is 0.923. The molecular formula is C13H24F2N2O3. The summed E-state index contributed by atoms with van der Waals surface area (Å²) in [5, 5.41) is 0. The summed E-state index contributed by atoms with van der Waals surface area (Å²) in [5.41, 5.74) is -0.542. The molecule has 0 aromatic heterocycles. The van der Waals surface area contributed by atoms with Crippen molar-refractivity contribution in [3.8, 4) is 0 Å². The second-order valence-electron chi connectivity index (χ2n) is 6.03. The summed E-state index contributed by atoms with van der Waals surface area (Å²) < 4.78 is 36.6. The molecule has 0 radical (unpaired) electrons. The van der Waals surface area contributed by atoms with Crippen molar-refractivity contribution in [2.75, 3.05) is 46.4 Å². The zero-order chi connectivity index (χ0) is 15.4. The van der Waals surface area contributed by atoms with E-state index in [-0.39, 0.29) is 12.6 Å². The first kappa shape index (κ1) is 17.1. The van der Waals surface area contributed by atoms with E-state index in [9.17, 15) is 13.6 Å². The zero-order valence-corrected chi connectivity index (χ0v) is 12.6. The average molecular weight is 294 g/mol. The Bertz CT molecular complexity index is 324. The maximum atomic E-state index is 13.4. The van der Waals surface area contributed by atoms with Gasteiger partial charge in [-0.1, -0.05) is 0 Å². The van der Waals surface area contributed by atoms with Crippen molar-refractivity contribution in [1.82, 2.24) is 9.80 Å². The van der Waals surface area contributed by atoms with Crippen molar-refractivity contribution in [2.45, 2.75) is 32.3 Å². The highest BCUT2D eigenvalue weighted by Gasteiger charge is 2.34. The standard InChI is InChI=1S/C13H24F2N2O3/c1-12(2,3)20-11(18)17-7-5-16(6-8-17)9-13(14,15)10-19-4/h5-10H2,1-4H3. The van der Waals surface area contributed by atoms with Crippen LogP contribution in [0.25, 0.3) is 0 Å². The van der Waals surface area contributed by atoms with Crippen LogP contribution in [-0.4, -0.2) is 73.9 Å². The van der Waals surface area contributed by atoms with Gasteiger partial charge >= 0.3 is 6.09 Å². The minimum absolute atomic E-state index is 0.344. The van der Waals surface area contributed by atoms with Gasteiger partial charge in [0.05, 0.1) is 6.54 Å². The van der Waals surface area contributed by atoms with E-state index in [0.717, 1.165) is 0 Å². The second-order valence-corrected chi connectivity index (χ2v) is 6.03. The van der Waals surface area contributed by atoms with Gasteiger partial charge in [0.1, 0.15) is 12.2 Å². The van der Waals surface area contributed by atoms with Crippen LogP contribution in [0.2, 0.25) is 0 Å². The largest absolute Gasteiger partial charge is 0.444 e. The van der Waals surface area contributed by atoms with Gasteiger partial charge in [-0.25, -0.2) is 13.6 Å². The molecule has 0 bridgehead atoms. The molecule has 0 aromatic carbocycles. The SMILES string of the molecule is COCC(F)(F)CN1CCN(C(=O)OC(C)(C)C)CC1. The third-order valence-corrected chi connectivity index (χ3v) is 2.83. The fourth-order valence-corrected chi connectivity index (χ4v) is 2.00. The Kier molecular flexibility index (Phi) is 5.70. The molecule has 20 heavy (non-hydrogen) atoms. The minimum atomic E-state index is -2.86. The lowest BCUT2D eigenvalue weighted by Gasteiger charge is -2.36. The summed E-state index contributed by atoms with van der Waals surface area (Å²) in [4.78, 5) is 15.0. The Labute approximate surface area is 118 Å². The third kappa shape index (κ3) is 6.00. The van der Waals surface area contributed by atoms with E-state index < -0.39 is 18.1 Å². The molecule has 1 fully saturated rings. The lowest BCUT2D eigenvalue weighted by molar-refractivity contribution is -0.0890. The predicted molar refractivity (Wildman–Crippen MR) is 71.1 cm³/mol. The van der Waals surface area contributed by atoms with E-state index in [4.69, 9.17) is 4.74 Å². The highest BCUT2D eigenvalue weighted by molar-refractivity contribution is 5.68. The molecule has 1 heterocycles. The number of halogens is 2. The Morgan fingerprint density at radius 2 is 1.70 bits per heavy atom. The van der Waals surface area contributed by atoms with E-state index in [1.807, 2.05) is 0 Å². The topological polar surface area (TPSA) is 42.0 Å². The van der Waals surface area contributed by atoms with Gasteiger partial charge in [-0.05, 0) is 20.8 Å². The number of hydrogen-bond donors (Lipinski definition) is 0. The van der Waals surface area contributed by atoms with E-state index in [0.29, 0.717) is 26.2 Å². The van der Waals surface area contributed by atoms with Crippen LogP contribution >= 0.6 is 0 Å². The quantitative estimate of drug-likeness (QED) is 0.793. The van der Waals surface area contributed by atoms with Gasteiger partial charge in [0.2, 0.25) is 0 Å². The number of alkyl halides is 2. The molecule has 0 spiro atoms. The first-order valence-corrected chi connectivity index (χ1v) is 6.70. The molecule has 118 valence electrons. The summed E-state index contributed by atoms with van der Waals surface area (Å²) >= 11 is 0. The molecule has 1 rings (SSSR count). The molecule has 7 heteroatoms. The van der Waals surface area contributed by atoms with Crippen LogP contribution in [0.4, 0.5) is 13.6 Å². The summed E-state index contributed by atoms with van der Waals surface area (Å²) in [6.07, 6.45) is -0.388. The van der Waals surface area contributed by atoms with Crippen LogP contribution in [0, 0.1) is 0 Å². The van der Waals surface area contributed by atoms with Gasteiger partial charge in [0.25, 0.3) is 5.92 Å². The molecule has 0 saturated carbocycles. The maximum Gasteiger partial charge on any atom is 0.410 e. The van der Waals surface area contributed by atoms with Gasteiger partial charge in [-0.2, -0.15) is 0 Å². The first-order chi connectivity index (χ1) is 9.13. The Balaban J connectivity index is 2.38. The van der Waals surface area contributed by atoms with Gasteiger partial charge in [-0.3, -0.25) is 4.90 Å². The van der Waals surface area contributed by atoms with Crippen LogP contribution in [0.5, 0.6) is 0 Å². The van der Waals surface area contributed by atoms with Crippen LogP contribution < -0.4 is 0 Å². The molecule has 1 saturated heterocycles. The van der Waals surface area contributed by atoms with E-state index in [1.54, 1.807) is 30.6 Å². The van der Waals surface area contributed by atoms with Crippen molar-refractivity contribution >= 4 is 6.09 Å². The fourth-order valence-electron chi connectivity index (χ4n) is 2.00. The van der Waals surface area contributed by atoms with Crippen LogP contribution in [-0.2, 0) is 9.47 Å². The lowest BCUT2D eigenvalue weighted by Crippen LogP contribution is -2.52. The highest BCUT2D eigenvalue weighted by Crippen LogP contribution is 2.17. The number of hydrogen-bond acceptors (Lipinski definition) is 4. The molecule has 1 amide bonds. The normalized spacial score (nSPS) is 18.2. The van der Waals surface area contributed by atoms with E-state index in [1.165, 1.54) is 7.11 Å². The number of rotatable bonds is 4. The molecule has 5 nitrogen and oxygen atoms in total. The molecule has 0 N–H and O–H groups in total. The van der Waals surface area contributed by atoms with Crippen LogP contribution in [0.15, 0.2) is 0 Å². The van der Waals surface area contributed by atoms with Gasteiger partial charge in [-0.15, -0.1) is 0 Å². The number of nitrogens with zero attached hydrogens (tertiary/aromatic N) is 2. The molecule has 0 aliphatic carbocycles. The Morgan fingerprint density at radius 1 is 1.15 bits per heavy atom. The summed E-state index contributed by atoms with van der Waals surface area (Å²) in [5.74, 6) is -2.86. The third-order valence-electron chi connectivity index (χ3n) is 2.83. The molecule has 0 unspecified atom stereocenters. The van der Waals surface area contributed by atoms with Crippen molar-refractivity contribution < 1.29 is 23.0 Å². The number of methoxy groups -OCH3 is 1. The number of piperazine rings is 1.